The Morgan fingerprint density at radius 3 is 2.30 bits per heavy atom. The Morgan fingerprint density at radius 2 is 1.70 bits per heavy atom. The summed E-state index contributed by atoms with van der Waals surface area (Å²) < 4.78 is 0. The van der Waals surface area contributed by atoms with Gasteiger partial charge < -0.3 is 5.11 Å². The van der Waals surface area contributed by atoms with Crippen LogP contribution in [-0.4, -0.2) is 16.0 Å². The van der Waals surface area contributed by atoms with Crippen LogP contribution in [0.25, 0.3) is 12.2 Å². The zero-order valence-electron chi connectivity index (χ0n) is 10.4. The van der Waals surface area contributed by atoms with Gasteiger partial charge in [-0.1, -0.05) is 42.5 Å². The van der Waals surface area contributed by atoms with Crippen LogP contribution in [0.4, 0.5) is 5.69 Å². The Hall–Kier alpha value is -2.95. The van der Waals surface area contributed by atoms with Gasteiger partial charge in [0.05, 0.1) is 4.92 Å². The van der Waals surface area contributed by atoms with E-state index in [0.29, 0.717) is 5.56 Å². The molecule has 1 N–H and O–H groups in total. The highest BCUT2D eigenvalue weighted by atomic mass is 16.6. The van der Waals surface area contributed by atoms with E-state index in [0.717, 1.165) is 5.56 Å². The average molecular weight is 269 g/mol. The molecule has 0 amide bonds. The van der Waals surface area contributed by atoms with Crippen molar-refractivity contribution >= 4 is 23.8 Å². The smallest absolute Gasteiger partial charge is 0.342 e. The molecular formula is C15H11NO4. The second kappa shape index (κ2) is 5.79. The van der Waals surface area contributed by atoms with Gasteiger partial charge in [0.25, 0.3) is 5.69 Å². The number of aromatic carboxylic acids is 1. The Morgan fingerprint density at radius 1 is 1.05 bits per heavy atom. The summed E-state index contributed by atoms with van der Waals surface area (Å²) in [6.45, 7) is 0. The Labute approximate surface area is 115 Å². The first-order valence-electron chi connectivity index (χ1n) is 5.83. The highest BCUT2D eigenvalue weighted by Gasteiger charge is 2.19. The maximum Gasteiger partial charge on any atom is 0.342 e. The molecule has 100 valence electrons. The fourth-order valence-electron chi connectivity index (χ4n) is 1.74. The molecule has 0 atom stereocenters. The first-order chi connectivity index (χ1) is 9.58. The van der Waals surface area contributed by atoms with Crippen LogP contribution in [0, 0.1) is 10.1 Å². The predicted octanol–water partition coefficient (Wildman–Crippen LogP) is 3.46. The molecule has 5 nitrogen and oxygen atoms in total. The molecule has 0 saturated heterocycles. The van der Waals surface area contributed by atoms with Crippen molar-refractivity contribution in [1.29, 1.82) is 0 Å². The number of hydrogen-bond donors (Lipinski definition) is 1. The van der Waals surface area contributed by atoms with Crippen molar-refractivity contribution in [3.8, 4) is 0 Å². The van der Waals surface area contributed by atoms with Gasteiger partial charge in [-0.25, -0.2) is 4.79 Å². The van der Waals surface area contributed by atoms with Crippen molar-refractivity contribution in [2.24, 2.45) is 0 Å². The summed E-state index contributed by atoms with van der Waals surface area (Å²) >= 11 is 0. The Balaban J connectivity index is 2.35. The first-order valence-corrected chi connectivity index (χ1v) is 5.83. The summed E-state index contributed by atoms with van der Waals surface area (Å²) in [6, 6.07) is 13.5. The van der Waals surface area contributed by atoms with Crippen LogP contribution < -0.4 is 0 Å². The van der Waals surface area contributed by atoms with E-state index in [2.05, 4.69) is 0 Å². The summed E-state index contributed by atoms with van der Waals surface area (Å²) in [7, 11) is 0. The molecule has 0 fully saturated rings. The minimum absolute atomic E-state index is 0.315. The molecule has 0 aliphatic rings. The van der Waals surface area contributed by atoms with E-state index in [1.807, 2.05) is 36.4 Å². The molecule has 0 bridgehead atoms. The number of nitro benzene ring substituents is 1. The lowest BCUT2D eigenvalue weighted by atomic mass is 10.1. The number of carboxylic acids is 1. The Kier molecular flexibility index (Phi) is 3.91. The van der Waals surface area contributed by atoms with Crippen molar-refractivity contribution in [2.45, 2.75) is 0 Å². The quantitative estimate of drug-likeness (QED) is 0.523. The second-order valence-corrected chi connectivity index (χ2v) is 4.08. The minimum atomic E-state index is -1.31. The van der Waals surface area contributed by atoms with Crippen LogP contribution in [-0.2, 0) is 0 Å². The van der Waals surface area contributed by atoms with Gasteiger partial charge in [-0.05, 0) is 23.3 Å². The number of benzene rings is 2. The van der Waals surface area contributed by atoms with Gasteiger partial charge in [-0.15, -0.1) is 0 Å². The largest absolute Gasteiger partial charge is 0.477 e. The lowest BCUT2D eigenvalue weighted by Crippen LogP contribution is -2.02. The molecule has 0 aliphatic carbocycles. The topological polar surface area (TPSA) is 80.4 Å². The van der Waals surface area contributed by atoms with E-state index in [4.69, 9.17) is 5.11 Å². The van der Waals surface area contributed by atoms with Crippen molar-refractivity contribution in [3.05, 3.63) is 75.3 Å². The predicted molar refractivity (Wildman–Crippen MR) is 75.4 cm³/mol. The summed E-state index contributed by atoms with van der Waals surface area (Å²) in [5.41, 5.74) is 0.833. The molecule has 0 aliphatic heterocycles. The zero-order chi connectivity index (χ0) is 14.5. The minimum Gasteiger partial charge on any atom is -0.477 e. The van der Waals surface area contributed by atoms with Crippen molar-refractivity contribution in [3.63, 3.8) is 0 Å². The van der Waals surface area contributed by atoms with E-state index in [1.165, 1.54) is 18.2 Å². The number of carboxylic acid groups (broad SMARTS) is 1. The van der Waals surface area contributed by atoms with E-state index in [9.17, 15) is 14.9 Å². The van der Waals surface area contributed by atoms with Gasteiger partial charge in [0.2, 0.25) is 0 Å². The fraction of sp³-hybridized carbons (Fsp3) is 0. The highest BCUT2D eigenvalue weighted by molar-refractivity contribution is 5.93. The summed E-state index contributed by atoms with van der Waals surface area (Å²) in [5.74, 6) is -1.31. The van der Waals surface area contributed by atoms with Gasteiger partial charge in [0.1, 0.15) is 5.56 Å². The molecule has 2 rings (SSSR count). The molecule has 0 unspecified atom stereocenters. The first kappa shape index (κ1) is 13.5. The number of rotatable bonds is 4. The average Bonchev–Trinajstić information content (AvgIpc) is 2.45. The lowest BCUT2D eigenvalue weighted by Gasteiger charge is -2.00. The molecule has 5 heteroatoms. The normalized spacial score (nSPS) is 10.6. The molecule has 0 aromatic heterocycles. The second-order valence-electron chi connectivity index (χ2n) is 4.08. The number of carbonyl (C=O) groups is 1. The highest BCUT2D eigenvalue weighted by Crippen LogP contribution is 2.21. The maximum absolute atomic E-state index is 11.0. The van der Waals surface area contributed by atoms with E-state index in [-0.39, 0.29) is 5.56 Å². The van der Waals surface area contributed by atoms with Crippen molar-refractivity contribution < 1.29 is 14.8 Å². The monoisotopic (exact) mass is 269 g/mol. The number of nitrogens with zero attached hydrogens (tertiary/aromatic N) is 1. The summed E-state index contributed by atoms with van der Waals surface area (Å²) in [4.78, 5) is 21.1. The fourth-order valence-corrected chi connectivity index (χ4v) is 1.74. The molecule has 0 radical (unpaired) electrons. The van der Waals surface area contributed by atoms with Crippen LogP contribution in [0.1, 0.15) is 21.5 Å². The molecule has 20 heavy (non-hydrogen) atoms. The molecule has 2 aromatic carbocycles. The van der Waals surface area contributed by atoms with Crippen molar-refractivity contribution in [1.82, 2.24) is 0 Å². The van der Waals surface area contributed by atoms with Crippen LogP contribution in [0.15, 0.2) is 48.5 Å². The molecule has 0 spiro atoms. The molecule has 2 aromatic rings. The zero-order valence-corrected chi connectivity index (χ0v) is 10.4. The van der Waals surface area contributed by atoms with Gasteiger partial charge in [0, 0.05) is 6.07 Å². The third kappa shape index (κ3) is 3.08. The van der Waals surface area contributed by atoms with Crippen LogP contribution in [0.2, 0.25) is 0 Å². The Bertz CT molecular complexity index is 678. The molecule has 0 heterocycles. The maximum atomic E-state index is 11.0. The SMILES string of the molecule is O=C(O)c1cc(C=Cc2ccccc2)ccc1[N+](=O)[O-]. The van der Waals surface area contributed by atoms with Crippen molar-refractivity contribution in [2.75, 3.05) is 0 Å². The van der Waals surface area contributed by atoms with E-state index in [1.54, 1.807) is 6.08 Å². The van der Waals surface area contributed by atoms with Gasteiger partial charge in [-0.2, -0.15) is 0 Å². The van der Waals surface area contributed by atoms with Crippen LogP contribution in [0.5, 0.6) is 0 Å². The third-order valence-electron chi connectivity index (χ3n) is 2.72. The van der Waals surface area contributed by atoms with E-state index < -0.39 is 16.6 Å². The number of nitro groups is 1. The third-order valence-corrected chi connectivity index (χ3v) is 2.72. The van der Waals surface area contributed by atoms with Gasteiger partial charge in [-0.3, -0.25) is 10.1 Å². The standard InChI is InChI=1S/C15H11NO4/c17-15(18)13-10-12(8-9-14(13)16(19)20)7-6-11-4-2-1-3-5-11/h1-10H,(H,17,18). The number of hydrogen-bond acceptors (Lipinski definition) is 3. The van der Waals surface area contributed by atoms with Crippen LogP contribution >= 0.6 is 0 Å². The summed E-state index contributed by atoms with van der Waals surface area (Å²) in [6.07, 6.45) is 3.53. The van der Waals surface area contributed by atoms with Gasteiger partial charge in [0.15, 0.2) is 0 Å². The van der Waals surface area contributed by atoms with Gasteiger partial charge >= 0.3 is 5.97 Å². The summed E-state index contributed by atoms with van der Waals surface area (Å²) in [5, 5.41) is 19.7. The lowest BCUT2D eigenvalue weighted by molar-refractivity contribution is -0.385. The molecular weight excluding hydrogens is 258 g/mol. The van der Waals surface area contributed by atoms with Crippen LogP contribution in [0.3, 0.4) is 0 Å². The molecule has 0 saturated carbocycles. The van der Waals surface area contributed by atoms with E-state index >= 15 is 0 Å².